The van der Waals surface area contributed by atoms with Gasteiger partial charge in [-0.1, -0.05) is 46.9 Å². The van der Waals surface area contributed by atoms with Gasteiger partial charge in [0.05, 0.1) is 10.0 Å². The second kappa shape index (κ2) is 6.30. The SMILES string of the molecule is O=C(c1ccccn1)c1cc2ccc(Cl)cc2c2cc(Cl)c(Cl)cc12. The van der Waals surface area contributed by atoms with Crippen LogP contribution in [0.3, 0.4) is 0 Å². The molecule has 0 fully saturated rings. The normalized spacial score (nSPS) is 11.2. The second-order valence-corrected chi connectivity index (χ2v) is 6.90. The van der Waals surface area contributed by atoms with Crippen LogP contribution in [0, 0.1) is 0 Å². The molecule has 1 heterocycles. The van der Waals surface area contributed by atoms with Gasteiger partial charge in [-0.25, -0.2) is 0 Å². The standard InChI is InChI=1S/C20H10Cl3NO/c21-12-5-4-11-7-16(20(25)19-3-1-2-6-24-19)15-10-18(23)17(22)9-14(15)13(11)8-12/h1-10H. The molecule has 0 aliphatic carbocycles. The Hall–Kier alpha value is -2.13. The Morgan fingerprint density at radius 2 is 1.56 bits per heavy atom. The lowest BCUT2D eigenvalue weighted by atomic mass is 9.94. The molecule has 3 aromatic carbocycles. The van der Waals surface area contributed by atoms with Crippen molar-refractivity contribution in [2.45, 2.75) is 0 Å². The van der Waals surface area contributed by atoms with Gasteiger partial charge in [0.2, 0.25) is 5.78 Å². The topological polar surface area (TPSA) is 30.0 Å². The number of rotatable bonds is 2. The molecule has 1 aromatic heterocycles. The van der Waals surface area contributed by atoms with Crippen LogP contribution in [0.25, 0.3) is 21.5 Å². The van der Waals surface area contributed by atoms with Crippen LogP contribution in [0.4, 0.5) is 0 Å². The lowest BCUT2D eigenvalue weighted by Crippen LogP contribution is -2.04. The minimum atomic E-state index is -0.166. The largest absolute Gasteiger partial charge is 0.287 e. The number of ketones is 1. The molecular weight excluding hydrogens is 377 g/mol. The van der Waals surface area contributed by atoms with Crippen molar-refractivity contribution in [1.29, 1.82) is 0 Å². The Labute approximate surface area is 159 Å². The highest BCUT2D eigenvalue weighted by Crippen LogP contribution is 2.36. The molecule has 0 bridgehead atoms. The van der Waals surface area contributed by atoms with E-state index in [4.69, 9.17) is 34.8 Å². The maximum Gasteiger partial charge on any atom is 0.211 e. The first kappa shape index (κ1) is 16.3. The van der Waals surface area contributed by atoms with E-state index in [0.717, 1.165) is 21.5 Å². The lowest BCUT2D eigenvalue weighted by Gasteiger charge is -2.11. The van der Waals surface area contributed by atoms with Crippen molar-refractivity contribution in [1.82, 2.24) is 4.98 Å². The molecule has 0 saturated carbocycles. The molecule has 0 radical (unpaired) electrons. The Bertz CT molecular complexity index is 1140. The van der Waals surface area contributed by atoms with E-state index >= 15 is 0 Å². The Balaban J connectivity index is 2.11. The van der Waals surface area contributed by atoms with E-state index in [-0.39, 0.29) is 5.78 Å². The molecule has 25 heavy (non-hydrogen) atoms. The fourth-order valence-electron chi connectivity index (χ4n) is 2.94. The number of benzene rings is 3. The van der Waals surface area contributed by atoms with Gasteiger partial charge in [0.25, 0.3) is 0 Å². The van der Waals surface area contributed by atoms with Crippen LogP contribution in [-0.2, 0) is 0 Å². The highest BCUT2D eigenvalue weighted by atomic mass is 35.5. The quantitative estimate of drug-likeness (QED) is 0.288. The van der Waals surface area contributed by atoms with Crippen LogP contribution in [0.2, 0.25) is 15.1 Å². The first-order chi connectivity index (χ1) is 12.0. The predicted octanol–water partition coefficient (Wildman–Crippen LogP) is 6.58. The average Bonchev–Trinajstić information content (AvgIpc) is 2.63. The van der Waals surface area contributed by atoms with Crippen LogP contribution in [0.15, 0.2) is 60.8 Å². The van der Waals surface area contributed by atoms with Crippen molar-refractivity contribution in [3.05, 3.63) is 87.1 Å². The van der Waals surface area contributed by atoms with Gasteiger partial charge in [-0.15, -0.1) is 0 Å². The summed E-state index contributed by atoms with van der Waals surface area (Å²) in [5, 5.41) is 4.80. The van der Waals surface area contributed by atoms with E-state index < -0.39 is 0 Å². The lowest BCUT2D eigenvalue weighted by molar-refractivity contribution is 0.103. The third-order valence-corrected chi connectivity index (χ3v) is 5.06. The maximum absolute atomic E-state index is 13.0. The summed E-state index contributed by atoms with van der Waals surface area (Å²) in [6, 6.07) is 16.1. The molecule has 0 aliphatic rings. The van der Waals surface area contributed by atoms with Crippen molar-refractivity contribution < 1.29 is 4.79 Å². The van der Waals surface area contributed by atoms with Crippen LogP contribution in [0.5, 0.6) is 0 Å². The highest BCUT2D eigenvalue weighted by molar-refractivity contribution is 6.43. The van der Waals surface area contributed by atoms with Gasteiger partial charge in [-0.3, -0.25) is 9.78 Å². The van der Waals surface area contributed by atoms with Gasteiger partial charge in [0, 0.05) is 16.8 Å². The van der Waals surface area contributed by atoms with E-state index in [2.05, 4.69) is 4.98 Å². The molecule has 5 heteroatoms. The first-order valence-electron chi connectivity index (χ1n) is 7.51. The Morgan fingerprint density at radius 3 is 2.28 bits per heavy atom. The molecule has 122 valence electrons. The minimum absolute atomic E-state index is 0.166. The zero-order valence-corrected chi connectivity index (χ0v) is 15.0. The molecule has 0 unspecified atom stereocenters. The molecule has 0 saturated heterocycles. The monoisotopic (exact) mass is 385 g/mol. The average molecular weight is 387 g/mol. The van der Waals surface area contributed by atoms with Crippen LogP contribution >= 0.6 is 34.8 Å². The molecule has 4 rings (SSSR count). The van der Waals surface area contributed by atoms with Crippen LogP contribution in [0.1, 0.15) is 16.1 Å². The van der Waals surface area contributed by atoms with E-state index in [1.54, 1.807) is 42.6 Å². The molecular formula is C20H10Cl3NO. The number of halogens is 3. The summed E-state index contributed by atoms with van der Waals surface area (Å²) in [6.45, 7) is 0. The number of carbonyl (C=O) groups is 1. The van der Waals surface area contributed by atoms with Crippen molar-refractivity contribution in [3.63, 3.8) is 0 Å². The van der Waals surface area contributed by atoms with Gasteiger partial charge in [-0.05, 0) is 64.0 Å². The molecule has 0 amide bonds. The smallest absolute Gasteiger partial charge is 0.211 e. The van der Waals surface area contributed by atoms with Gasteiger partial charge in [0.1, 0.15) is 5.69 Å². The van der Waals surface area contributed by atoms with E-state index in [1.807, 2.05) is 18.2 Å². The maximum atomic E-state index is 13.0. The molecule has 2 nitrogen and oxygen atoms in total. The number of hydrogen-bond acceptors (Lipinski definition) is 2. The fraction of sp³-hybridized carbons (Fsp3) is 0. The number of pyridine rings is 1. The third kappa shape index (κ3) is 2.87. The number of nitrogens with zero attached hydrogens (tertiary/aromatic N) is 1. The summed E-state index contributed by atoms with van der Waals surface area (Å²) in [7, 11) is 0. The van der Waals surface area contributed by atoms with E-state index in [9.17, 15) is 4.79 Å². The van der Waals surface area contributed by atoms with Crippen LogP contribution in [-0.4, -0.2) is 10.8 Å². The first-order valence-corrected chi connectivity index (χ1v) is 8.65. The van der Waals surface area contributed by atoms with Crippen molar-refractivity contribution >= 4 is 62.1 Å². The summed E-state index contributed by atoms with van der Waals surface area (Å²) >= 11 is 18.6. The van der Waals surface area contributed by atoms with Crippen molar-refractivity contribution in [2.75, 3.05) is 0 Å². The summed E-state index contributed by atoms with van der Waals surface area (Å²) in [5.74, 6) is -0.166. The fourth-order valence-corrected chi connectivity index (χ4v) is 3.44. The summed E-state index contributed by atoms with van der Waals surface area (Å²) in [5.41, 5.74) is 0.908. The number of fused-ring (bicyclic) bond motifs is 3. The zero-order valence-electron chi connectivity index (χ0n) is 12.8. The number of aromatic nitrogens is 1. The Kier molecular flexibility index (Phi) is 4.12. The molecule has 0 N–H and O–H groups in total. The van der Waals surface area contributed by atoms with Gasteiger partial charge in [0.15, 0.2) is 0 Å². The van der Waals surface area contributed by atoms with Crippen molar-refractivity contribution in [2.24, 2.45) is 0 Å². The van der Waals surface area contributed by atoms with Crippen molar-refractivity contribution in [3.8, 4) is 0 Å². The van der Waals surface area contributed by atoms with Gasteiger partial charge >= 0.3 is 0 Å². The second-order valence-electron chi connectivity index (χ2n) is 5.65. The molecule has 4 aromatic rings. The summed E-state index contributed by atoms with van der Waals surface area (Å²) in [4.78, 5) is 17.2. The number of carbonyl (C=O) groups excluding carboxylic acids is 1. The summed E-state index contributed by atoms with van der Waals surface area (Å²) in [6.07, 6.45) is 1.60. The molecule has 0 atom stereocenters. The molecule has 0 spiro atoms. The minimum Gasteiger partial charge on any atom is -0.287 e. The predicted molar refractivity (Wildman–Crippen MR) is 104 cm³/mol. The van der Waals surface area contributed by atoms with E-state index in [0.29, 0.717) is 26.3 Å². The summed E-state index contributed by atoms with van der Waals surface area (Å²) < 4.78 is 0. The van der Waals surface area contributed by atoms with Gasteiger partial charge in [-0.2, -0.15) is 0 Å². The zero-order chi connectivity index (χ0) is 17.6. The highest BCUT2D eigenvalue weighted by Gasteiger charge is 2.17. The molecule has 0 aliphatic heterocycles. The van der Waals surface area contributed by atoms with E-state index in [1.165, 1.54) is 0 Å². The Morgan fingerprint density at radius 1 is 0.800 bits per heavy atom. The third-order valence-electron chi connectivity index (χ3n) is 4.10. The number of hydrogen-bond donors (Lipinski definition) is 0. The van der Waals surface area contributed by atoms with Gasteiger partial charge < -0.3 is 0 Å². The van der Waals surface area contributed by atoms with Crippen LogP contribution < -0.4 is 0 Å².